The standard InChI is InChI=1S/C27H23F3N4O/c1-18-2-8-21(9-3-18)31-23-14-16-24(17-15-23)32-22-10-4-19(5-11-22)26(35)34-33-25-12-6-20(7-13-25)27(28,29)30/h2-17,31-33H,1H3,(H,34,35). The van der Waals surface area contributed by atoms with Crippen molar-refractivity contribution in [2.75, 3.05) is 16.1 Å². The summed E-state index contributed by atoms with van der Waals surface area (Å²) in [5.74, 6) is -0.414. The van der Waals surface area contributed by atoms with Crippen molar-refractivity contribution in [3.63, 3.8) is 0 Å². The van der Waals surface area contributed by atoms with Gasteiger partial charge in [0.15, 0.2) is 0 Å². The van der Waals surface area contributed by atoms with Gasteiger partial charge < -0.3 is 10.6 Å². The van der Waals surface area contributed by atoms with Crippen molar-refractivity contribution in [1.82, 2.24) is 5.43 Å². The molecule has 4 aromatic carbocycles. The van der Waals surface area contributed by atoms with Gasteiger partial charge in [-0.15, -0.1) is 0 Å². The molecule has 0 fully saturated rings. The van der Waals surface area contributed by atoms with Gasteiger partial charge >= 0.3 is 6.18 Å². The molecule has 0 unspecified atom stereocenters. The van der Waals surface area contributed by atoms with E-state index in [0.29, 0.717) is 11.3 Å². The highest BCUT2D eigenvalue weighted by Crippen LogP contribution is 2.29. The van der Waals surface area contributed by atoms with Crippen LogP contribution in [0.15, 0.2) is 97.1 Å². The Morgan fingerprint density at radius 1 is 0.600 bits per heavy atom. The Kier molecular flexibility index (Phi) is 6.91. The van der Waals surface area contributed by atoms with E-state index in [1.165, 1.54) is 17.7 Å². The highest BCUT2D eigenvalue weighted by molar-refractivity contribution is 5.95. The lowest BCUT2D eigenvalue weighted by Gasteiger charge is -2.12. The van der Waals surface area contributed by atoms with Crippen molar-refractivity contribution in [3.05, 3.63) is 114 Å². The fraction of sp³-hybridized carbons (Fsp3) is 0.0741. The summed E-state index contributed by atoms with van der Waals surface area (Å²) in [5, 5.41) is 6.62. The summed E-state index contributed by atoms with van der Waals surface area (Å²) >= 11 is 0. The SMILES string of the molecule is Cc1ccc(Nc2ccc(Nc3ccc(C(=O)NNc4ccc(C(F)(F)F)cc4)cc3)cc2)cc1. The third kappa shape index (κ3) is 6.54. The third-order valence-electron chi connectivity index (χ3n) is 5.19. The van der Waals surface area contributed by atoms with E-state index >= 15 is 0 Å². The minimum absolute atomic E-state index is 0.338. The van der Waals surface area contributed by atoms with Gasteiger partial charge in [0, 0.05) is 28.3 Å². The molecule has 0 saturated carbocycles. The molecule has 5 nitrogen and oxygen atoms in total. The molecule has 1 amide bonds. The van der Waals surface area contributed by atoms with E-state index in [1.54, 1.807) is 24.3 Å². The fourth-order valence-corrected chi connectivity index (χ4v) is 3.26. The van der Waals surface area contributed by atoms with E-state index in [0.717, 1.165) is 34.9 Å². The van der Waals surface area contributed by atoms with Gasteiger partial charge in [-0.05, 0) is 91.9 Å². The Balaban J connectivity index is 1.29. The van der Waals surface area contributed by atoms with Gasteiger partial charge in [-0.3, -0.25) is 15.6 Å². The molecule has 0 saturated heterocycles. The number of hydrazine groups is 1. The van der Waals surface area contributed by atoms with E-state index in [9.17, 15) is 18.0 Å². The highest BCUT2D eigenvalue weighted by Gasteiger charge is 2.29. The molecule has 8 heteroatoms. The van der Waals surface area contributed by atoms with Crippen LogP contribution in [0.4, 0.5) is 41.6 Å². The van der Waals surface area contributed by atoms with Gasteiger partial charge in [-0.1, -0.05) is 17.7 Å². The van der Waals surface area contributed by atoms with E-state index in [-0.39, 0.29) is 0 Å². The Hall–Kier alpha value is -4.46. The number of carbonyl (C=O) groups excluding carboxylic acids is 1. The maximum Gasteiger partial charge on any atom is 0.416 e. The number of nitrogens with one attached hydrogen (secondary N) is 4. The Labute approximate surface area is 201 Å². The quantitative estimate of drug-likeness (QED) is 0.212. The lowest BCUT2D eigenvalue weighted by molar-refractivity contribution is -0.137. The van der Waals surface area contributed by atoms with Crippen LogP contribution >= 0.6 is 0 Å². The number of alkyl halides is 3. The molecule has 35 heavy (non-hydrogen) atoms. The second-order valence-electron chi connectivity index (χ2n) is 7.92. The number of rotatable bonds is 7. The number of halogens is 3. The molecule has 0 aromatic heterocycles. The summed E-state index contributed by atoms with van der Waals surface area (Å²) in [6.45, 7) is 2.05. The first-order valence-corrected chi connectivity index (χ1v) is 10.8. The Morgan fingerprint density at radius 2 is 1.00 bits per heavy atom. The molecule has 0 bridgehead atoms. The van der Waals surface area contributed by atoms with E-state index in [2.05, 4.69) is 21.5 Å². The van der Waals surface area contributed by atoms with Crippen LogP contribution in [-0.4, -0.2) is 5.91 Å². The van der Waals surface area contributed by atoms with Crippen LogP contribution in [0.25, 0.3) is 0 Å². The van der Waals surface area contributed by atoms with E-state index < -0.39 is 17.6 Å². The number of anilines is 5. The van der Waals surface area contributed by atoms with Crippen molar-refractivity contribution in [2.24, 2.45) is 0 Å². The Bertz CT molecular complexity index is 1270. The summed E-state index contributed by atoms with van der Waals surface area (Å²) in [6, 6.07) is 27.2. The van der Waals surface area contributed by atoms with Gasteiger partial charge in [0.1, 0.15) is 0 Å². The smallest absolute Gasteiger partial charge is 0.356 e. The minimum atomic E-state index is -4.40. The topological polar surface area (TPSA) is 65.2 Å². The van der Waals surface area contributed by atoms with E-state index in [4.69, 9.17) is 0 Å². The first-order valence-electron chi connectivity index (χ1n) is 10.8. The van der Waals surface area contributed by atoms with Gasteiger partial charge in [0.05, 0.1) is 11.3 Å². The lowest BCUT2D eigenvalue weighted by atomic mass is 10.2. The zero-order valence-corrected chi connectivity index (χ0v) is 18.8. The average Bonchev–Trinajstić information content (AvgIpc) is 2.85. The van der Waals surface area contributed by atoms with Crippen molar-refractivity contribution in [1.29, 1.82) is 0 Å². The second-order valence-corrected chi connectivity index (χ2v) is 7.92. The zero-order valence-electron chi connectivity index (χ0n) is 18.8. The molecule has 0 aliphatic rings. The molecule has 0 spiro atoms. The first kappa shape index (κ1) is 23.7. The molecule has 0 heterocycles. The Morgan fingerprint density at radius 3 is 1.46 bits per heavy atom. The van der Waals surface area contributed by atoms with Crippen LogP contribution in [0, 0.1) is 6.92 Å². The monoisotopic (exact) mass is 476 g/mol. The number of carbonyl (C=O) groups is 1. The van der Waals surface area contributed by atoms with Crippen molar-refractivity contribution >= 4 is 34.3 Å². The summed E-state index contributed by atoms with van der Waals surface area (Å²) in [5.41, 5.74) is 9.94. The first-order chi connectivity index (χ1) is 16.8. The van der Waals surface area contributed by atoms with Gasteiger partial charge in [0.2, 0.25) is 0 Å². The lowest BCUT2D eigenvalue weighted by Crippen LogP contribution is -2.29. The minimum Gasteiger partial charge on any atom is -0.356 e. The maximum atomic E-state index is 12.6. The molecule has 0 radical (unpaired) electrons. The highest BCUT2D eigenvalue weighted by atomic mass is 19.4. The summed E-state index contributed by atoms with van der Waals surface area (Å²) in [7, 11) is 0. The molecular formula is C27H23F3N4O. The summed E-state index contributed by atoms with van der Waals surface area (Å²) in [4.78, 5) is 12.3. The number of hydrogen-bond donors (Lipinski definition) is 4. The normalized spacial score (nSPS) is 11.0. The van der Waals surface area contributed by atoms with E-state index in [1.807, 2.05) is 55.5 Å². The van der Waals surface area contributed by atoms with Crippen LogP contribution in [0.3, 0.4) is 0 Å². The predicted octanol–water partition coefficient (Wildman–Crippen LogP) is 7.26. The summed E-state index contributed by atoms with van der Waals surface area (Å²) in [6.07, 6.45) is -4.40. The molecule has 0 aliphatic heterocycles. The van der Waals surface area contributed by atoms with Crippen molar-refractivity contribution < 1.29 is 18.0 Å². The maximum absolute atomic E-state index is 12.6. The average molecular weight is 477 g/mol. The van der Waals surface area contributed by atoms with Crippen molar-refractivity contribution in [3.8, 4) is 0 Å². The van der Waals surface area contributed by atoms with Gasteiger partial charge in [-0.2, -0.15) is 13.2 Å². The molecule has 178 valence electrons. The van der Waals surface area contributed by atoms with Gasteiger partial charge in [0.25, 0.3) is 5.91 Å². The zero-order chi connectivity index (χ0) is 24.8. The van der Waals surface area contributed by atoms with Crippen molar-refractivity contribution in [2.45, 2.75) is 13.1 Å². The molecule has 0 atom stereocenters. The van der Waals surface area contributed by atoms with Crippen LogP contribution < -0.4 is 21.5 Å². The number of amides is 1. The third-order valence-corrected chi connectivity index (χ3v) is 5.19. The largest absolute Gasteiger partial charge is 0.416 e. The fourth-order valence-electron chi connectivity index (χ4n) is 3.26. The summed E-state index contributed by atoms with van der Waals surface area (Å²) < 4.78 is 37.9. The number of hydrogen-bond acceptors (Lipinski definition) is 4. The molecule has 0 aliphatic carbocycles. The molecule has 4 N–H and O–H groups in total. The predicted molar refractivity (Wildman–Crippen MR) is 133 cm³/mol. The number of benzene rings is 4. The van der Waals surface area contributed by atoms with Gasteiger partial charge in [-0.25, -0.2) is 0 Å². The molecule has 4 rings (SSSR count). The van der Waals surface area contributed by atoms with Crippen LogP contribution in [0.5, 0.6) is 0 Å². The van der Waals surface area contributed by atoms with Crippen LogP contribution in [0.1, 0.15) is 21.5 Å². The molecule has 4 aromatic rings. The molecular weight excluding hydrogens is 453 g/mol. The van der Waals surface area contributed by atoms with Crippen LogP contribution in [-0.2, 0) is 6.18 Å². The second kappa shape index (κ2) is 10.2. The van der Waals surface area contributed by atoms with Crippen LogP contribution in [0.2, 0.25) is 0 Å². The number of aryl methyl sites for hydroxylation is 1.